The summed E-state index contributed by atoms with van der Waals surface area (Å²) in [5.74, 6) is 0. The van der Waals surface area contributed by atoms with Crippen molar-refractivity contribution in [3.05, 3.63) is 0 Å². The average Bonchev–Trinajstić information content (AvgIpc) is 2.04. The van der Waals surface area contributed by atoms with E-state index < -0.39 is 0 Å². The first-order valence-electron chi connectivity index (χ1n) is 4.75. The topological polar surface area (TPSA) is 69.7 Å². The van der Waals surface area contributed by atoms with Crippen LogP contribution in [0.2, 0.25) is 0 Å². The number of aliphatic hydroxyl groups is 2. The van der Waals surface area contributed by atoms with Crippen molar-refractivity contribution in [2.24, 2.45) is 5.73 Å². The molecule has 0 unspecified atom stereocenters. The van der Waals surface area contributed by atoms with Gasteiger partial charge in [-0.1, -0.05) is 0 Å². The third-order valence-electron chi connectivity index (χ3n) is 2.35. The number of hydrogen-bond donors (Lipinski definition) is 3. The maximum absolute atomic E-state index is 8.84. The second-order valence-electron chi connectivity index (χ2n) is 3.79. The molecule has 0 fully saturated rings. The zero-order valence-corrected chi connectivity index (χ0v) is 8.66. The molecule has 0 saturated heterocycles. The summed E-state index contributed by atoms with van der Waals surface area (Å²) in [6.07, 6.45) is 0.868. The van der Waals surface area contributed by atoms with Gasteiger partial charge in [0.15, 0.2) is 0 Å². The molecule has 80 valence electrons. The molecule has 13 heavy (non-hydrogen) atoms. The van der Waals surface area contributed by atoms with Crippen LogP contribution in [0.15, 0.2) is 0 Å². The summed E-state index contributed by atoms with van der Waals surface area (Å²) in [5, 5.41) is 17.7. The predicted molar refractivity (Wildman–Crippen MR) is 53.5 cm³/mol. The first kappa shape index (κ1) is 12.8. The van der Waals surface area contributed by atoms with Crippen LogP contribution in [0, 0.1) is 0 Å². The molecule has 4 nitrogen and oxygen atoms in total. The van der Waals surface area contributed by atoms with E-state index in [1.54, 1.807) is 0 Å². The fraction of sp³-hybridized carbons (Fsp3) is 1.00. The van der Waals surface area contributed by atoms with Crippen LogP contribution in [-0.4, -0.2) is 53.5 Å². The Hall–Kier alpha value is -0.160. The summed E-state index contributed by atoms with van der Waals surface area (Å²) >= 11 is 0. The summed E-state index contributed by atoms with van der Waals surface area (Å²) in [5.41, 5.74) is 5.45. The minimum Gasteiger partial charge on any atom is -0.395 e. The molecule has 0 bridgehead atoms. The van der Waals surface area contributed by atoms with E-state index in [9.17, 15) is 0 Å². The van der Waals surface area contributed by atoms with Crippen molar-refractivity contribution in [2.45, 2.75) is 25.8 Å². The largest absolute Gasteiger partial charge is 0.395 e. The smallest absolute Gasteiger partial charge is 0.0558 e. The standard InChI is InChI=1S/C9H22N2O2/c1-9(2,3-4-10)11(5-7-12)6-8-13/h12-13H,3-8,10H2,1-2H3. The first-order valence-corrected chi connectivity index (χ1v) is 4.75. The summed E-state index contributed by atoms with van der Waals surface area (Å²) in [6, 6.07) is 0. The Kier molecular flexibility index (Phi) is 6.24. The van der Waals surface area contributed by atoms with Gasteiger partial charge in [0.2, 0.25) is 0 Å². The van der Waals surface area contributed by atoms with Gasteiger partial charge in [0.05, 0.1) is 13.2 Å². The molecule has 4 heteroatoms. The van der Waals surface area contributed by atoms with Crippen LogP contribution in [-0.2, 0) is 0 Å². The predicted octanol–water partition coefficient (Wildman–Crippen LogP) is -0.600. The maximum atomic E-state index is 8.84. The SMILES string of the molecule is CC(C)(CCN)N(CCO)CCO. The van der Waals surface area contributed by atoms with E-state index in [1.807, 2.05) is 0 Å². The molecule has 0 aliphatic heterocycles. The van der Waals surface area contributed by atoms with Crippen LogP contribution < -0.4 is 5.73 Å². The summed E-state index contributed by atoms with van der Waals surface area (Å²) < 4.78 is 0. The fourth-order valence-corrected chi connectivity index (χ4v) is 1.47. The Morgan fingerprint density at radius 3 is 1.92 bits per heavy atom. The molecule has 0 aliphatic carbocycles. The number of rotatable bonds is 7. The molecule has 0 aromatic rings. The van der Waals surface area contributed by atoms with Crippen molar-refractivity contribution in [3.8, 4) is 0 Å². The molecule has 4 N–H and O–H groups in total. The third-order valence-corrected chi connectivity index (χ3v) is 2.35. The zero-order chi connectivity index (χ0) is 10.3. The van der Waals surface area contributed by atoms with Gasteiger partial charge in [-0.3, -0.25) is 4.90 Å². The van der Waals surface area contributed by atoms with Crippen molar-refractivity contribution in [3.63, 3.8) is 0 Å². The van der Waals surface area contributed by atoms with Gasteiger partial charge in [-0.15, -0.1) is 0 Å². The zero-order valence-electron chi connectivity index (χ0n) is 8.66. The molecule has 0 amide bonds. The molecular weight excluding hydrogens is 168 g/mol. The van der Waals surface area contributed by atoms with Gasteiger partial charge in [-0.2, -0.15) is 0 Å². The minimum absolute atomic E-state index is 0.0415. The highest BCUT2D eigenvalue weighted by Gasteiger charge is 2.24. The monoisotopic (exact) mass is 190 g/mol. The van der Waals surface area contributed by atoms with Crippen molar-refractivity contribution in [1.29, 1.82) is 0 Å². The molecule has 0 aromatic heterocycles. The first-order chi connectivity index (χ1) is 6.08. The van der Waals surface area contributed by atoms with Crippen LogP contribution in [0.1, 0.15) is 20.3 Å². The number of nitrogens with two attached hydrogens (primary N) is 1. The number of hydrogen-bond acceptors (Lipinski definition) is 4. The molecule has 0 spiro atoms. The lowest BCUT2D eigenvalue weighted by molar-refractivity contribution is 0.0686. The van der Waals surface area contributed by atoms with Crippen LogP contribution in [0.3, 0.4) is 0 Å². The Morgan fingerprint density at radius 1 is 1.15 bits per heavy atom. The highest BCUT2D eigenvalue weighted by molar-refractivity contribution is 4.81. The molecule has 0 rings (SSSR count). The van der Waals surface area contributed by atoms with Gasteiger partial charge < -0.3 is 15.9 Å². The maximum Gasteiger partial charge on any atom is 0.0558 e. The van der Waals surface area contributed by atoms with Crippen molar-refractivity contribution in [1.82, 2.24) is 4.90 Å². The fourth-order valence-electron chi connectivity index (χ4n) is 1.47. The molecule has 0 saturated carbocycles. The molecule has 0 aromatic carbocycles. The quantitative estimate of drug-likeness (QED) is 0.501. The second-order valence-corrected chi connectivity index (χ2v) is 3.79. The van der Waals surface area contributed by atoms with Gasteiger partial charge >= 0.3 is 0 Å². The molecule has 0 aliphatic rings. The normalized spacial score (nSPS) is 12.5. The van der Waals surface area contributed by atoms with Crippen LogP contribution >= 0.6 is 0 Å². The van der Waals surface area contributed by atoms with Crippen LogP contribution in [0.5, 0.6) is 0 Å². The van der Waals surface area contributed by atoms with Crippen LogP contribution in [0.25, 0.3) is 0 Å². The average molecular weight is 190 g/mol. The molecular formula is C9H22N2O2. The van der Waals surface area contributed by atoms with Gasteiger partial charge in [0.25, 0.3) is 0 Å². The molecule has 0 atom stereocenters. The van der Waals surface area contributed by atoms with E-state index in [4.69, 9.17) is 15.9 Å². The van der Waals surface area contributed by atoms with Gasteiger partial charge in [-0.05, 0) is 26.8 Å². The Labute approximate surface area is 80.3 Å². The van der Waals surface area contributed by atoms with E-state index >= 15 is 0 Å². The lowest BCUT2D eigenvalue weighted by Gasteiger charge is -2.37. The molecule has 0 heterocycles. The second kappa shape index (κ2) is 6.32. The number of nitrogens with zero attached hydrogens (tertiary/aromatic N) is 1. The molecule has 0 radical (unpaired) electrons. The lowest BCUT2D eigenvalue weighted by atomic mass is 9.98. The van der Waals surface area contributed by atoms with E-state index in [0.29, 0.717) is 19.6 Å². The highest BCUT2D eigenvalue weighted by Crippen LogP contribution is 2.16. The Balaban J connectivity index is 4.13. The lowest BCUT2D eigenvalue weighted by Crippen LogP contribution is -2.47. The van der Waals surface area contributed by atoms with Gasteiger partial charge in [-0.25, -0.2) is 0 Å². The summed E-state index contributed by atoms with van der Waals surface area (Å²) in [7, 11) is 0. The van der Waals surface area contributed by atoms with Gasteiger partial charge in [0, 0.05) is 18.6 Å². The highest BCUT2D eigenvalue weighted by atomic mass is 16.3. The van der Waals surface area contributed by atoms with Gasteiger partial charge in [0.1, 0.15) is 0 Å². The van der Waals surface area contributed by atoms with Crippen molar-refractivity contribution in [2.75, 3.05) is 32.8 Å². The van der Waals surface area contributed by atoms with E-state index in [-0.39, 0.29) is 18.8 Å². The third kappa shape index (κ3) is 4.57. The van der Waals surface area contributed by atoms with E-state index in [0.717, 1.165) is 6.42 Å². The number of β-amino-alcohol motifs (C(OH)–C–C–N with tert-alkyl or cyclic N) is 2. The minimum atomic E-state index is -0.0415. The Morgan fingerprint density at radius 2 is 1.62 bits per heavy atom. The van der Waals surface area contributed by atoms with Crippen molar-refractivity contribution >= 4 is 0 Å². The van der Waals surface area contributed by atoms with Crippen LogP contribution in [0.4, 0.5) is 0 Å². The summed E-state index contributed by atoms with van der Waals surface area (Å²) in [4.78, 5) is 2.06. The summed E-state index contributed by atoms with van der Waals surface area (Å²) in [6.45, 7) is 6.19. The van der Waals surface area contributed by atoms with E-state index in [2.05, 4.69) is 18.7 Å². The number of aliphatic hydroxyl groups excluding tert-OH is 2. The van der Waals surface area contributed by atoms with E-state index in [1.165, 1.54) is 0 Å². The van der Waals surface area contributed by atoms with Crippen molar-refractivity contribution < 1.29 is 10.2 Å². The Bertz CT molecular complexity index is 123.